The fourth-order valence-corrected chi connectivity index (χ4v) is 1.78. The fourth-order valence-electron chi connectivity index (χ4n) is 1.78. The van der Waals surface area contributed by atoms with Gasteiger partial charge in [-0.05, 0) is 25.1 Å². The third kappa shape index (κ3) is 3.51. The van der Waals surface area contributed by atoms with E-state index in [1.807, 2.05) is 31.2 Å². The van der Waals surface area contributed by atoms with E-state index in [2.05, 4.69) is 10.5 Å². The molecule has 0 aromatic heterocycles. The number of anilines is 1. The molecule has 0 aliphatic carbocycles. The summed E-state index contributed by atoms with van der Waals surface area (Å²) < 4.78 is 4.86. The Bertz CT molecular complexity index is 711. The van der Waals surface area contributed by atoms with Crippen LogP contribution >= 0.6 is 0 Å². The van der Waals surface area contributed by atoms with Gasteiger partial charge in [0.25, 0.3) is 5.69 Å². The van der Waals surface area contributed by atoms with Crippen LogP contribution in [0, 0.1) is 17.0 Å². The number of methoxy groups -OCH3 is 1. The van der Waals surface area contributed by atoms with Crippen molar-refractivity contribution in [3.05, 3.63) is 57.6 Å². The second kappa shape index (κ2) is 6.57. The Kier molecular flexibility index (Phi) is 4.57. The van der Waals surface area contributed by atoms with Crippen LogP contribution in [0.3, 0.4) is 0 Å². The van der Waals surface area contributed by atoms with Crippen molar-refractivity contribution in [2.24, 2.45) is 5.10 Å². The van der Waals surface area contributed by atoms with E-state index in [1.54, 1.807) is 0 Å². The summed E-state index contributed by atoms with van der Waals surface area (Å²) in [7, 11) is 1.28. The summed E-state index contributed by atoms with van der Waals surface area (Å²) in [6.45, 7) is 1.98. The highest BCUT2D eigenvalue weighted by Crippen LogP contribution is 2.33. The van der Waals surface area contributed by atoms with Crippen LogP contribution < -0.4 is 15.3 Å². The van der Waals surface area contributed by atoms with Crippen molar-refractivity contribution in [3.63, 3.8) is 0 Å². The SMILES string of the molecule is COc1cc(/C=N\Nc2ccc(C)cc2)cc([N+](=O)[O-])c1[O-]. The van der Waals surface area contributed by atoms with Crippen molar-refractivity contribution in [3.8, 4) is 11.5 Å². The first kappa shape index (κ1) is 15.3. The maximum absolute atomic E-state index is 11.7. The van der Waals surface area contributed by atoms with E-state index in [0.717, 1.165) is 17.3 Å². The Morgan fingerprint density at radius 2 is 1.95 bits per heavy atom. The normalized spacial score (nSPS) is 10.6. The van der Waals surface area contributed by atoms with Crippen molar-refractivity contribution < 1.29 is 14.8 Å². The maximum Gasteiger partial charge on any atom is 0.266 e. The summed E-state index contributed by atoms with van der Waals surface area (Å²) in [5.74, 6) is -0.845. The van der Waals surface area contributed by atoms with Crippen molar-refractivity contribution in [1.82, 2.24) is 0 Å². The van der Waals surface area contributed by atoms with Gasteiger partial charge in [-0.3, -0.25) is 15.5 Å². The molecule has 0 amide bonds. The van der Waals surface area contributed by atoms with Crippen LogP contribution in [0.5, 0.6) is 11.5 Å². The summed E-state index contributed by atoms with van der Waals surface area (Å²) in [6.07, 6.45) is 1.38. The number of rotatable bonds is 5. The summed E-state index contributed by atoms with van der Waals surface area (Å²) in [6, 6.07) is 10.1. The Morgan fingerprint density at radius 1 is 1.27 bits per heavy atom. The van der Waals surface area contributed by atoms with Crippen LogP contribution in [0.15, 0.2) is 41.5 Å². The lowest BCUT2D eigenvalue weighted by Crippen LogP contribution is -2.02. The monoisotopic (exact) mass is 300 g/mol. The summed E-state index contributed by atoms with van der Waals surface area (Å²) in [4.78, 5) is 10.1. The third-order valence-corrected chi connectivity index (χ3v) is 2.93. The lowest BCUT2D eigenvalue weighted by molar-refractivity contribution is -0.398. The molecule has 22 heavy (non-hydrogen) atoms. The summed E-state index contributed by atoms with van der Waals surface area (Å²) in [5, 5.41) is 26.5. The number of nitro groups is 1. The lowest BCUT2D eigenvalue weighted by Gasteiger charge is -2.12. The zero-order valence-electron chi connectivity index (χ0n) is 12.1. The molecule has 0 heterocycles. The van der Waals surface area contributed by atoms with E-state index in [4.69, 9.17) is 4.74 Å². The summed E-state index contributed by atoms with van der Waals surface area (Å²) in [5.41, 5.74) is 4.56. The Balaban J connectivity index is 2.21. The molecule has 0 radical (unpaired) electrons. The molecule has 0 saturated carbocycles. The first-order valence-corrected chi connectivity index (χ1v) is 6.40. The van der Waals surface area contributed by atoms with E-state index >= 15 is 0 Å². The van der Waals surface area contributed by atoms with Gasteiger partial charge in [0.2, 0.25) is 0 Å². The molecule has 0 aliphatic rings. The number of hydrazone groups is 1. The number of benzene rings is 2. The van der Waals surface area contributed by atoms with Gasteiger partial charge < -0.3 is 9.84 Å². The molecule has 7 heteroatoms. The average molecular weight is 300 g/mol. The lowest BCUT2D eigenvalue weighted by atomic mass is 10.2. The van der Waals surface area contributed by atoms with Gasteiger partial charge >= 0.3 is 0 Å². The van der Waals surface area contributed by atoms with Crippen LogP contribution in [0.1, 0.15) is 11.1 Å². The van der Waals surface area contributed by atoms with Crippen LogP contribution in [-0.2, 0) is 0 Å². The number of ether oxygens (including phenoxy) is 1. The molecule has 2 rings (SSSR count). The smallest absolute Gasteiger partial charge is 0.266 e. The highest BCUT2D eigenvalue weighted by atomic mass is 16.6. The van der Waals surface area contributed by atoms with E-state index in [9.17, 15) is 15.2 Å². The molecule has 0 bridgehead atoms. The zero-order valence-corrected chi connectivity index (χ0v) is 12.1. The molecule has 0 spiro atoms. The minimum absolute atomic E-state index is 0.0917. The van der Waals surface area contributed by atoms with Crippen molar-refractivity contribution in [1.29, 1.82) is 0 Å². The predicted molar refractivity (Wildman–Crippen MR) is 81.5 cm³/mol. The molecule has 2 aromatic carbocycles. The zero-order chi connectivity index (χ0) is 16.1. The van der Waals surface area contributed by atoms with Gasteiger partial charge in [0.05, 0.1) is 23.9 Å². The highest BCUT2D eigenvalue weighted by Gasteiger charge is 2.12. The van der Waals surface area contributed by atoms with Crippen molar-refractivity contribution in [2.75, 3.05) is 12.5 Å². The van der Waals surface area contributed by atoms with Crippen LogP contribution in [0.4, 0.5) is 11.4 Å². The second-order valence-electron chi connectivity index (χ2n) is 4.56. The van der Waals surface area contributed by atoms with Gasteiger partial charge in [-0.1, -0.05) is 17.7 Å². The standard InChI is InChI=1S/C15H15N3O4/c1-10-3-5-12(6-4-10)17-16-9-11-7-13(18(20)21)15(19)14(8-11)22-2/h3-9,17,19H,1-2H3/p-1/b16-9-. The van der Waals surface area contributed by atoms with Gasteiger partial charge in [0.15, 0.2) is 0 Å². The fraction of sp³-hybridized carbons (Fsp3) is 0.133. The maximum atomic E-state index is 11.7. The molecule has 1 N–H and O–H groups in total. The number of nitrogens with zero attached hydrogens (tertiary/aromatic N) is 2. The van der Waals surface area contributed by atoms with Crippen LogP contribution in [0.2, 0.25) is 0 Å². The molecule has 2 aromatic rings. The summed E-state index contributed by atoms with van der Waals surface area (Å²) >= 11 is 0. The number of hydrogen-bond acceptors (Lipinski definition) is 6. The Hall–Kier alpha value is -3.09. The van der Waals surface area contributed by atoms with Gasteiger partial charge in [-0.25, -0.2) is 0 Å². The molecule has 0 aliphatic heterocycles. The molecule has 114 valence electrons. The Morgan fingerprint density at radius 3 is 2.55 bits per heavy atom. The number of hydrogen-bond donors (Lipinski definition) is 1. The first-order chi connectivity index (χ1) is 10.5. The second-order valence-corrected chi connectivity index (χ2v) is 4.56. The number of nitro benzene ring substituents is 1. The highest BCUT2D eigenvalue weighted by molar-refractivity contribution is 5.83. The molecular formula is C15H14N3O4-. The third-order valence-electron chi connectivity index (χ3n) is 2.93. The quantitative estimate of drug-likeness (QED) is 0.519. The van der Waals surface area contributed by atoms with Crippen molar-refractivity contribution >= 4 is 17.6 Å². The van der Waals surface area contributed by atoms with Gasteiger partial charge in [-0.15, -0.1) is 0 Å². The minimum Gasteiger partial charge on any atom is -0.865 e. The Labute approximate surface area is 127 Å². The average Bonchev–Trinajstić information content (AvgIpc) is 2.50. The molecule has 0 fully saturated rings. The number of nitrogens with one attached hydrogen (secondary N) is 1. The molecular weight excluding hydrogens is 286 g/mol. The van der Waals surface area contributed by atoms with Crippen molar-refractivity contribution in [2.45, 2.75) is 6.92 Å². The topological polar surface area (TPSA) is 99.8 Å². The van der Waals surface area contributed by atoms with Crippen LogP contribution in [-0.4, -0.2) is 18.2 Å². The molecule has 7 nitrogen and oxygen atoms in total. The molecule has 0 saturated heterocycles. The number of aryl methyl sites for hydroxylation is 1. The molecule has 0 unspecified atom stereocenters. The van der Waals surface area contributed by atoms with Gasteiger partial charge in [0, 0.05) is 17.4 Å². The minimum atomic E-state index is -0.754. The van der Waals surface area contributed by atoms with Gasteiger partial charge in [-0.2, -0.15) is 5.10 Å². The largest absolute Gasteiger partial charge is 0.865 e. The van der Waals surface area contributed by atoms with Gasteiger partial charge in [0.1, 0.15) is 5.75 Å². The predicted octanol–water partition coefficient (Wildman–Crippen LogP) is 2.43. The van der Waals surface area contributed by atoms with E-state index in [1.165, 1.54) is 19.4 Å². The van der Waals surface area contributed by atoms with E-state index in [-0.39, 0.29) is 5.75 Å². The van der Waals surface area contributed by atoms with Crippen LogP contribution in [0.25, 0.3) is 0 Å². The first-order valence-electron chi connectivity index (χ1n) is 6.40. The van der Waals surface area contributed by atoms with E-state index < -0.39 is 16.4 Å². The van der Waals surface area contributed by atoms with E-state index in [0.29, 0.717) is 5.56 Å². The molecule has 0 atom stereocenters.